The molecule has 0 radical (unpaired) electrons. The molecule has 4 heteroatoms. The van der Waals surface area contributed by atoms with E-state index in [4.69, 9.17) is 0 Å². The standard InChI is InChI=1S/C11H10N2O2/c1-7(15)8-3-4-10-9(5-8)12-11(6-14)13(10)2/h3-6H,1-2H3. The summed E-state index contributed by atoms with van der Waals surface area (Å²) in [6.45, 7) is 1.50. The third-order valence-electron chi connectivity index (χ3n) is 2.43. The number of hydrogen-bond acceptors (Lipinski definition) is 3. The molecule has 15 heavy (non-hydrogen) atoms. The summed E-state index contributed by atoms with van der Waals surface area (Å²) in [5, 5.41) is 0. The maximum atomic E-state index is 11.1. The number of imidazole rings is 1. The van der Waals surface area contributed by atoms with Crippen LogP contribution in [0.3, 0.4) is 0 Å². The molecule has 0 unspecified atom stereocenters. The van der Waals surface area contributed by atoms with Crippen molar-refractivity contribution < 1.29 is 9.59 Å². The van der Waals surface area contributed by atoms with Gasteiger partial charge in [0.1, 0.15) is 0 Å². The molecule has 0 fully saturated rings. The van der Waals surface area contributed by atoms with Gasteiger partial charge in [0.15, 0.2) is 17.9 Å². The largest absolute Gasteiger partial charge is 0.325 e. The van der Waals surface area contributed by atoms with E-state index < -0.39 is 0 Å². The number of aryl methyl sites for hydroxylation is 1. The average Bonchev–Trinajstić information content (AvgIpc) is 2.55. The Morgan fingerprint density at radius 2 is 2.20 bits per heavy atom. The Kier molecular flexibility index (Phi) is 2.11. The fraction of sp³-hybridized carbons (Fsp3) is 0.182. The van der Waals surface area contributed by atoms with Crippen molar-refractivity contribution in [3.05, 3.63) is 29.6 Å². The SMILES string of the molecule is CC(=O)c1ccc2c(c1)nc(C=O)n2C. The third-order valence-corrected chi connectivity index (χ3v) is 2.43. The molecule has 0 spiro atoms. The first-order valence-corrected chi connectivity index (χ1v) is 4.56. The van der Waals surface area contributed by atoms with E-state index >= 15 is 0 Å². The zero-order chi connectivity index (χ0) is 11.0. The lowest BCUT2D eigenvalue weighted by molar-refractivity contribution is 0.101. The Morgan fingerprint density at radius 3 is 2.80 bits per heavy atom. The Hall–Kier alpha value is -1.97. The molecule has 2 rings (SSSR count). The first-order valence-electron chi connectivity index (χ1n) is 4.56. The summed E-state index contributed by atoms with van der Waals surface area (Å²) in [6.07, 6.45) is 0.702. The second-order valence-corrected chi connectivity index (χ2v) is 3.41. The average molecular weight is 202 g/mol. The van der Waals surface area contributed by atoms with Crippen LogP contribution < -0.4 is 0 Å². The quantitative estimate of drug-likeness (QED) is 0.549. The van der Waals surface area contributed by atoms with E-state index in [0.29, 0.717) is 23.2 Å². The molecule has 0 saturated heterocycles. The summed E-state index contributed by atoms with van der Waals surface area (Å²) < 4.78 is 1.70. The minimum Gasteiger partial charge on any atom is -0.325 e. The predicted molar refractivity (Wildman–Crippen MR) is 56.1 cm³/mol. The predicted octanol–water partition coefficient (Wildman–Crippen LogP) is 1.59. The van der Waals surface area contributed by atoms with Crippen LogP contribution in [-0.4, -0.2) is 21.6 Å². The summed E-state index contributed by atoms with van der Waals surface area (Å²) in [4.78, 5) is 25.9. The van der Waals surface area contributed by atoms with Gasteiger partial charge < -0.3 is 4.57 Å². The van der Waals surface area contributed by atoms with E-state index in [2.05, 4.69) is 4.98 Å². The van der Waals surface area contributed by atoms with Crippen molar-refractivity contribution in [1.29, 1.82) is 0 Å². The zero-order valence-corrected chi connectivity index (χ0v) is 8.52. The molecular weight excluding hydrogens is 192 g/mol. The van der Waals surface area contributed by atoms with Gasteiger partial charge in [0.2, 0.25) is 0 Å². The molecule has 0 atom stereocenters. The zero-order valence-electron chi connectivity index (χ0n) is 8.52. The Balaban J connectivity index is 2.73. The molecule has 0 aliphatic rings. The van der Waals surface area contributed by atoms with E-state index in [0.717, 1.165) is 5.52 Å². The summed E-state index contributed by atoms with van der Waals surface area (Å²) in [7, 11) is 1.77. The van der Waals surface area contributed by atoms with Gasteiger partial charge in [0.25, 0.3) is 0 Å². The molecule has 0 aliphatic carbocycles. The molecule has 4 nitrogen and oxygen atoms in total. The summed E-state index contributed by atoms with van der Waals surface area (Å²) in [5.74, 6) is 0.362. The van der Waals surface area contributed by atoms with Gasteiger partial charge >= 0.3 is 0 Å². The monoisotopic (exact) mass is 202 g/mol. The minimum atomic E-state index is -0.00444. The first kappa shape index (κ1) is 9.58. The smallest absolute Gasteiger partial charge is 0.185 e. The number of nitrogens with zero attached hydrogens (tertiary/aromatic N) is 2. The number of benzene rings is 1. The normalized spacial score (nSPS) is 10.5. The molecule has 2 aromatic rings. The molecule has 0 bridgehead atoms. The second-order valence-electron chi connectivity index (χ2n) is 3.41. The minimum absolute atomic E-state index is 0.00444. The van der Waals surface area contributed by atoms with Crippen LogP contribution in [0.4, 0.5) is 0 Å². The van der Waals surface area contributed by atoms with Gasteiger partial charge in [-0.2, -0.15) is 0 Å². The van der Waals surface area contributed by atoms with Gasteiger partial charge in [-0.25, -0.2) is 4.98 Å². The highest BCUT2D eigenvalue weighted by Gasteiger charge is 2.08. The highest BCUT2D eigenvalue weighted by atomic mass is 16.1. The van der Waals surface area contributed by atoms with E-state index in [1.807, 2.05) is 0 Å². The molecule has 0 N–H and O–H groups in total. The van der Waals surface area contributed by atoms with Crippen LogP contribution >= 0.6 is 0 Å². The second kappa shape index (κ2) is 3.31. The lowest BCUT2D eigenvalue weighted by Gasteiger charge is -1.97. The maximum absolute atomic E-state index is 11.1. The number of carbonyl (C=O) groups is 2. The fourth-order valence-electron chi connectivity index (χ4n) is 1.54. The van der Waals surface area contributed by atoms with Gasteiger partial charge in [-0.05, 0) is 25.1 Å². The van der Waals surface area contributed by atoms with E-state index in [-0.39, 0.29) is 5.78 Å². The highest BCUT2D eigenvalue weighted by Crippen LogP contribution is 2.16. The number of aromatic nitrogens is 2. The first-order chi connectivity index (χ1) is 7.13. The number of fused-ring (bicyclic) bond motifs is 1. The van der Waals surface area contributed by atoms with Crippen molar-refractivity contribution in [2.24, 2.45) is 7.05 Å². The van der Waals surface area contributed by atoms with E-state index in [1.54, 1.807) is 29.8 Å². The molecule has 0 amide bonds. The number of aldehydes is 1. The molecule has 76 valence electrons. The van der Waals surface area contributed by atoms with Gasteiger partial charge in [-0.1, -0.05) is 0 Å². The van der Waals surface area contributed by atoms with E-state index in [1.165, 1.54) is 6.92 Å². The summed E-state index contributed by atoms with van der Waals surface area (Å²) in [5.41, 5.74) is 2.13. The van der Waals surface area contributed by atoms with Crippen molar-refractivity contribution in [3.8, 4) is 0 Å². The topological polar surface area (TPSA) is 52.0 Å². The van der Waals surface area contributed by atoms with Crippen LogP contribution in [0.25, 0.3) is 11.0 Å². The molecule has 1 heterocycles. The van der Waals surface area contributed by atoms with Crippen molar-refractivity contribution in [2.45, 2.75) is 6.92 Å². The third kappa shape index (κ3) is 1.44. The Morgan fingerprint density at radius 1 is 1.47 bits per heavy atom. The van der Waals surface area contributed by atoms with Crippen LogP contribution in [0, 0.1) is 0 Å². The van der Waals surface area contributed by atoms with Crippen molar-refractivity contribution in [1.82, 2.24) is 9.55 Å². The van der Waals surface area contributed by atoms with Crippen LogP contribution in [-0.2, 0) is 7.05 Å². The van der Waals surface area contributed by atoms with Crippen LogP contribution in [0.2, 0.25) is 0 Å². The van der Waals surface area contributed by atoms with Crippen LogP contribution in [0.5, 0.6) is 0 Å². The molecule has 0 aliphatic heterocycles. The molecule has 0 saturated carbocycles. The highest BCUT2D eigenvalue weighted by molar-refractivity contribution is 5.97. The van der Waals surface area contributed by atoms with Crippen molar-refractivity contribution >= 4 is 23.1 Å². The van der Waals surface area contributed by atoms with Gasteiger partial charge in [0.05, 0.1) is 11.0 Å². The molecule has 1 aromatic heterocycles. The number of Topliss-reactive ketones (excluding diaryl/α,β-unsaturated/α-hetero) is 1. The summed E-state index contributed by atoms with van der Waals surface area (Å²) >= 11 is 0. The molecular formula is C11H10N2O2. The van der Waals surface area contributed by atoms with Crippen LogP contribution in [0.15, 0.2) is 18.2 Å². The summed E-state index contributed by atoms with van der Waals surface area (Å²) in [6, 6.07) is 5.23. The van der Waals surface area contributed by atoms with Crippen LogP contribution in [0.1, 0.15) is 27.9 Å². The maximum Gasteiger partial charge on any atom is 0.185 e. The van der Waals surface area contributed by atoms with Gasteiger partial charge in [0, 0.05) is 12.6 Å². The van der Waals surface area contributed by atoms with Crippen molar-refractivity contribution in [2.75, 3.05) is 0 Å². The number of ketones is 1. The number of rotatable bonds is 2. The fourth-order valence-corrected chi connectivity index (χ4v) is 1.54. The number of carbonyl (C=O) groups excluding carboxylic acids is 2. The molecule has 1 aromatic carbocycles. The van der Waals surface area contributed by atoms with Gasteiger partial charge in [-0.15, -0.1) is 0 Å². The Labute approximate surface area is 86.5 Å². The lowest BCUT2D eigenvalue weighted by atomic mass is 10.1. The van der Waals surface area contributed by atoms with Gasteiger partial charge in [-0.3, -0.25) is 9.59 Å². The number of hydrogen-bond donors (Lipinski definition) is 0. The Bertz CT molecular complexity index is 555. The van der Waals surface area contributed by atoms with E-state index in [9.17, 15) is 9.59 Å². The van der Waals surface area contributed by atoms with Crippen molar-refractivity contribution in [3.63, 3.8) is 0 Å². The lowest BCUT2D eigenvalue weighted by Crippen LogP contribution is -1.95.